The summed E-state index contributed by atoms with van der Waals surface area (Å²) in [6, 6.07) is 11.0. The number of fused-ring (bicyclic) bond motifs is 3. The van der Waals surface area contributed by atoms with Gasteiger partial charge in [-0.3, -0.25) is 0 Å². The zero-order chi connectivity index (χ0) is 18.7. The van der Waals surface area contributed by atoms with Crippen LogP contribution in [0.25, 0.3) is 11.1 Å². The van der Waals surface area contributed by atoms with E-state index in [1.807, 2.05) is 0 Å². The van der Waals surface area contributed by atoms with E-state index in [1.54, 1.807) is 6.08 Å². The first-order valence-corrected chi connectivity index (χ1v) is 9.67. The van der Waals surface area contributed by atoms with Gasteiger partial charge in [0.1, 0.15) is 23.7 Å². The van der Waals surface area contributed by atoms with Crippen molar-refractivity contribution < 1.29 is 9.47 Å². The van der Waals surface area contributed by atoms with Gasteiger partial charge < -0.3 is 9.47 Å². The molecule has 1 aliphatic heterocycles. The Kier molecular flexibility index (Phi) is 5.41. The summed E-state index contributed by atoms with van der Waals surface area (Å²) in [6.45, 7) is 12.9. The molecule has 0 bridgehead atoms. The van der Waals surface area contributed by atoms with Crippen molar-refractivity contribution in [1.82, 2.24) is 0 Å². The van der Waals surface area contributed by atoms with E-state index in [4.69, 9.17) is 9.47 Å². The molecule has 0 spiro atoms. The molecule has 3 rings (SSSR count). The van der Waals surface area contributed by atoms with Gasteiger partial charge in [0.25, 0.3) is 0 Å². The number of hydrogen-bond donors (Lipinski definition) is 0. The number of unbranched alkanes of at least 4 members (excludes halogenated alkanes) is 2. The smallest absolute Gasteiger partial charge is 0.132 e. The highest BCUT2D eigenvalue weighted by molar-refractivity contribution is 5.82. The maximum atomic E-state index is 6.45. The molecule has 0 fully saturated rings. The second kappa shape index (κ2) is 7.57. The van der Waals surface area contributed by atoms with Crippen LogP contribution >= 0.6 is 0 Å². The van der Waals surface area contributed by atoms with E-state index in [0.29, 0.717) is 6.61 Å². The number of ether oxygens (including phenoxy) is 2. The lowest BCUT2D eigenvalue weighted by Gasteiger charge is -2.36. The third kappa shape index (κ3) is 3.65. The molecule has 0 aromatic heterocycles. The first kappa shape index (κ1) is 18.6. The Morgan fingerprint density at radius 2 is 1.96 bits per heavy atom. The molecule has 0 saturated carbocycles. The molecule has 2 aromatic carbocycles. The van der Waals surface area contributed by atoms with E-state index >= 15 is 0 Å². The first-order chi connectivity index (χ1) is 12.5. The van der Waals surface area contributed by atoms with Crippen LogP contribution in [0, 0.1) is 6.92 Å². The molecular formula is C24H30O2. The molecule has 2 nitrogen and oxygen atoms in total. The quantitative estimate of drug-likeness (QED) is 0.414. The lowest BCUT2D eigenvalue weighted by Crippen LogP contribution is -2.29. The van der Waals surface area contributed by atoms with E-state index in [0.717, 1.165) is 23.5 Å². The van der Waals surface area contributed by atoms with Gasteiger partial charge in [0.15, 0.2) is 0 Å². The maximum Gasteiger partial charge on any atom is 0.132 e. The molecule has 0 radical (unpaired) electrons. The van der Waals surface area contributed by atoms with Gasteiger partial charge in [0, 0.05) is 5.56 Å². The average molecular weight is 351 g/mol. The predicted molar refractivity (Wildman–Crippen MR) is 109 cm³/mol. The molecule has 2 heteroatoms. The fourth-order valence-corrected chi connectivity index (χ4v) is 3.70. The van der Waals surface area contributed by atoms with Crippen molar-refractivity contribution in [3.63, 3.8) is 0 Å². The summed E-state index contributed by atoms with van der Waals surface area (Å²) in [4.78, 5) is 0. The van der Waals surface area contributed by atoms with Gasteiger partial charge in [-0.15, -0.1) is 0 Å². The SMILES string of the molecule is C=CCOc1cc(CCCCC)cc2c1-c1cc(C)ccc1C(C)(C)O2. The van der Waals surface area contributed by atoms with Crippen LogP contribution in [-0.2, 0) is 12.0 Å². The van der Waals surface area contributed by atoms with Crippen LogP contribution in [0.5, 0.6) is 11.5 Å². The number of aryl methyl sites for hydroxylation is 2. The van der Waals surface area contributed by atoms with Crippen molar-refractivity contribution in [2.24, 2.45) is 0 Å². The summed E-state index contributed by atoms with van der Waals surface area (Å²) in [7, 11) is 0. The third-order valence-corrected chi connectivity index (χ3v) is 5.01. The molecule has 0 atom stereocenters. The Bertz CT molecular complexity index is 802. The van der Waals surface area contributed by atoms with Gasteiger partial charge in [-0.05, 0) is 56.9 Å². The molecule has 0 amide bonds. The zero-order valence-corrected chi connectivity index (χ0v) is 16.5. The molecule has 1 heterocycles. The molecule has 0 unspecified atom stereocenters. The fourth-order valence-electron chi connectivity index (χ4n) is 3.70. The topological polar surface area (TPSA) is 18.5 Å². The minimum absolute atomic E-state index is 0.353. The van der Waals surface area contributed by atoms with Crippen molar-refractivity contribution >= 4 is 0 Å². The van der Waals surface area contributed by atoms with Crippen LogP contribution in [-0.4, -0.2) is 6.61 Å². The number of hydrogen-bond acceptors (Lipinski definition) is 2. The Morgan fingerprint density at radius 3 is 2.69 bits per heavy atom. The summed E-state index contributed by atoms with van der Waals surface area (Å²) >= 11 is 0. The zero-order valence-electron chi connectivity index (χ0n) is 16.5. The van der Waals surface area contributed by atoms with Crippen LogP contribution < -0.4 is 9.47 Å². The predicted octanol–water partition coefficient (Wildman–Crippen LogP) is 6.59. The normalized spacial score (nSPS) is 14.2. The van der Waals surface area contributed by atoms with Crippen molar-refractivity contribution in [3.05, 3.63) is 59.7 Å². The first-order valence-electron chi connectivity index (χ1n) is 9.67. The Hall–Kier alpha value is -2.22. The summed E-state index contributed by atoms with van der Waals surface area (Å²) in [5.74, 6) is 1.83. The largest absolute Gasteiger partial charge is 0.489 e. The van der Waals surface area contributed by atoms with E-state index in [1.165, 1.54) is 41.5 Å². The van der Waals surface area contributed by atoms with Gasteiger partial charge in [-0.1, -0.05) is 56.2 Å². The van der Waals surface area contributed by atoms with E-state index in [9.17, 15) is 0 Å². The van der Waals surface area contributed by atoms with Gasteiger partial charge in [0.05, 0.1) is 5.56 Å². The monoisotopic (exact) mass is 350 g/mol. The molecule has 0 N–H and O–H groups in total. The van der Waals surface area contributed by atoms with Crippen molar-refractivity contribution in [2.45, 2.75) is 59.0 Å². The summed E-state index contributed by atoms with van der Waals surface area (Å²) in [5, 5.41) is 0. The molecule has 26 heavy (non-hydrogen) atoms. The number of benzene rings is 2. The van der Waals surface area contributed by atoms with Gasteiger partial charge in [-0.2, -0.15) is 0 Å². The molecule has 1 aliphatic rings. The molecule has 2 aromatic rings. The molecule has 138 valence electrons. The molecule has 0 aliphatic carbocycles. The van der Waals surface area contributed by atoms with Gasteiger partial charge >= 0.3 is 0 Å². The van der Waals surface area contributed by atoms with Crippen molar-refractivity contribution in [3.8, 4) is 22.6 Å². The van der Waals surface area contributed by atoms with Crippen LogP contribution in [0.3, 0.4) is 0 Å². The maximum absolute atomic E-state index is 6.45. The average Bonchev–Trinajstić information content (AvgIpc) is 2.58. The van der Waals surface area contributed by atoms with E-state index in [2.05, 4.69) is 64.6 Å². The lowest BCUT2D eigenvalue weighted by molar-refractivity contribution is 0.105. The number of rotatable bonds is 7. The van der Waals surface area contributed by atoms with Crippen LogP contribution in [0.15, 0.2) is 43.0 Å². The highest BCUT2D eigenvalue weighted by Gasteiger charge is 2.34. The van der Waals surface area contributed by atoms with Gasteiger partial charge in [0.2, 0.25) is 0 Å². The minimum Gasteiger partial charge on any atom is -0.489 e. The lowest BCUT2D eigenvalue weighted by atomic mass is 9.84. The van der Waals surface area contributed by atoms with Crippen LogP contribution in [0.1, 0.15) is 56.7 Å². The standard InChI is InChI=1S/C24H30O2/c1-6-8-9-10-18-15-21(25-13-7-2)23-19-14-17(3)11-12-20(19)24(4,5)26-22(23)16-18/h7,11-12,14-16H,2,6,8-10,13H2,1,3-5H3. The van der Waals surface area contributed by atoms with E-state index < -0.39 is 0 Å². The van der Waals surface area contributed by atoms with Gasteiger partial charge in [-0.25, -0.2) is 0 Å². The summed E-state index contributed by atoms with van der Waals surface area (Å²) in [5.41, 5.74) is 5.67. The van der Waals surface area contributed by atoms with Crippen LogP contribution in [0.2, 0.25) is 0 Å². The minimum atomic E-state index is -0.353. The second-order valence-electron chi connectivity index (χ2n) is 7.69. The second-order valence-corrected chi connectivity index (χ2v) is 7.69. The van der Waals surface area contributed by atoms with Crippen molar-refractivity contribution in [2.75, 3.05) is 6.61 Å². The van der Waals surface area contributed by atoms with E-state index in [-0.39, 0.29) is 5.60 Å². The highest BCUT2D eigenvalue weighted by atomic mass is 16.5. The van der Waals surface area contributed by atoms with Crippen molar-refractivity contribution in [1.29, 1.82) is 0 Å². The molecular weight excluding hydrogens is 320 g/mol. The molecule has 0 saturated heterocycles. The summed E-state index contributed by atoms with van der Waals surface area (Å²) < 4.78 is 12.5. The summed E-state index contributed by atoms with van der Waals surface area (Å²) in [6.07, 6.45) is 6.50. The Labute approximate surface area is 157 Å². The fraction of sp³-hybridized carbons (Fsp3) is 0.417. The highest BCUT2D eigenvalue weighted by Crippen LogP contribution is 2.50. The van der Waals surface area contributed by atoms with Crippen LogP contribution in [0.4, 0.5) is 0 Å². The Balaban J connectivity index is 2.13. The third-order valence-electron chi connectivity index (χ3n) is 5.01. The Morgan fingerprint density at radius 1 is 1.15 bits per heavy atom.